The topological polar surface area (TPSA) is 61.6 Å². The maximum absolute atomic E-state index is 9.53. The maximum atomic E-state index is 9.53. The largest absolute Gasteiger partial charge is 0.372 e. The van der Waals surface area contributed by atoms with Crippen molar-refractivity contribution in [3.8, 4) is 17.3 Å². The van der Waals surface area contributed by atoms with E-state index in [1.165, 1.54) is 11.8 Å². The fourth-order valence-corrected chi connectivity index (χ4v) is 3.48. The lowest BCUT2D eigenvalue weighted by Gasteiger charge is -2.11. The fraction of sp³-hybridized carbons (Fsp3) is 0.105. The first-order valence-electron chi connectivity index (χ1n) is 7.64. The maximum Gasteiger partial charge on any atom is 0.190 e. The van der Waals surface area contributed by atoms with Crippen molar-refractivity contribution >= 4 is 29.2 Å². The molecule has 2 aromatic carbocycles. The number of benzene rings is 2. The number of thioether (sulfide) groups is 1. The van der Waals surface area contributed by atoms with Crippen LogP contribution in [0.15, 0.2) is 59.8 Å². The third kappa shape index (κ3) is 3.93. The highest BCUT2D eigenvalue weighted by molar-refractivity contribution is 7.98. The van der Waals surface area contributed by atoms with Crippen molar-refractivity contribution in [2.75, 3.05) is 12.4 Å². The molecule has 0 unspecified atom stereocenters. The van der Waals surface area contributed by atoms with Crippen molar-refractivity contribution in [2.24, 2.45) is 0 Å². The molecule has 0 atom stereocenters. The highest BCUT2D eigenvalue weighted by Crippen LogP contribution is 2.30. The van der Waals surface area contributed by atoms with E-state index in [1.807, 2.05) is 54.6 Å². The van der Waals surface area contributed by atoms with Gasteiger partial charge in [-0.3, -0.25) is 0 Å². The molecule has 1 heterocycles. The molecule has 0 bridgehead atoms. The predicted octanol–water partition coefficient (Wildman–Crippen LogP) is 5.00. The summed E-state index contributed by atoms with van der Waals surface area (Å²) in [6.07, 6.45) is 0. The Labute approximate surface area is 155 Å². The van der Waals surface area contributed by atoms with E-state index in [1.54, 1.807) is 7.05 Å². The molecule has 3 rings (SSSR count). The predicted molar refractivity (Wildman–Crippen MR) is 103 cm³/mol. The molecule has 4 nitrogen and oxygen atoms in total. The van der Waals surface area contributed by atoms with Gasteiger partial charge in [0.2, 0.25) is 0 Å². The first kappa shape index (κ1) is 17.3. The molecule has 0 fully saturated rings. The average Bonchev–Trinajstić information content (AvgIpc) is 2.67. The first-order chi connectivity index (χ1) is 12.2. The molecular formula is C19H15ClN4S. The zero-order valence-corrected chi connectivity index (χ0v) is 15.1. The lowest BCUT2D eigenvalue weighted by molar-refractivity contribution is 0.968. The summed E-state index contributed by atoms with van der Waals surface area (Å²) in [5.41, 5.74) is 2.98. The van der Waals surface area contributed by atoms with Crippen LogP contribution in [-0.4, -0.2) is 17.0 Å². The van der Waals surface area contributed by atoms with Gasteiger partial charge in [0.25, 0.3) is 0 Å². The van der Waals surface area contributed by atoms with E-state index in [4.69, 9.17) is 11.6 Å². The summed E-state index contributed by atoms with van der Waals surface area (Å²) < 4.78 is 0. The second-order valence-corrected chi connectivity index (χ2v) is 6.54. The van der Waals surface area contributed by atoms with Gasteiger partial charge in [0.1, 0.15) is 17.5 Å². The van der Waals surface area contributed by atoms with Gasteiger partial charge < -0.3 is 5.32 Å². The lowest BCUT2D eigenvalue weighted by Crippen LogP contribution is -2.03. The van der Waals surface area contributed by atoms with Gasteiger partial charge in [-0.2, -0.15) is 5.26 Å². The highest BCUT2D eigenvalue weighted by Gasteiger charge is 2.15. The third-order valence-electron chi connectivity index (χ3n) is 3.60. The van der Waals surface area contributed by atoms with Crippen molar-refractivity contribution in [3.05, 3.63) is 70.7 Å². The number of anilines is 1. The number of nitriles is 1. The summed E-state index contributed by atoms with van der Waals surface area (Å²) in [5, 5.41) is 13.8. The van der Waals surface area contributed by atoms with Crippen molar-refractivity contribution < 1.29 is 0 Å². The molecule has 0 saturated heterocycles. The van der Waals surface area contributed by atoms with Gasteiger partial charge in [0, 0.05) is 23.4 Å². The second kappa shape index (κ2) is 8.02. The van der Waals surface area contributed by atoms with Gasteiger partial charge in [0.15, 0.2) is 5.16 Å². The van der Waals surface area contributed by atoms with Crippen LogP contribution in [0, 0.1) is 11.3 Å². The Kier molecular flexibility index (Phi) is 5.54. The number of nitrogens with one attached hydrogen (secondary N) is 1. The molecule has 6 heteroatoms. The Morgan fingerprint density at radius 1 is 1.08 bits per heavy atom. The summed E-state index contributed by atoms with van der Waals surface area (Å²) >= 11 is 7.70. The van der Waals surface area contributed by atoms with Gasteiger partial charge in [0.05, 0.1) is 5.69 Å². The van der Waals surface area contributed by atoms with E-state index in [-0.39, 0.29) is 0 Å². The smallest absolute Gasteiger partial charge is 0.190 e. The first-order valence-corrected chi connectivity index (χ1v) is 9.00. The summed E-state index contributed by atoms with van der Waals surface area (Å²) in [6.45, 7) is 0. The molecule has 0 spiro atoms. The van der Waals surface area contributed by atoms with Crippen LogP contribution in [0.3, 0.4) is 0 Å². The van der Waals surface area contributed by atoms with Crippen molar-refractivity contribution in [1.29, 1.82) is 5.26 Å². The zero-order chi connectivity index (χ0) is 17.6. The number of nitrogens with zero attached hydrogens (tertiary/aromatic N) is 3. The Balaban J connectivity index is 1.98. The standard InChI is InChI=1S/C19H15ClN4S/c1-22-18-15(11-21)17(13-7-3-2-4-8-13)23-19(24-18)25-12-14-9-5-6-10-16(14)20/h2-10H,12H2,1H3,(H,22,23,24). The Morgan fingerprint density at radius 2 is 1.80 bits per heavy atom. The van der Waals surface area contributed by atoms with Crippen LogP contribution in [0.25, 0.3) is 11.3 Å². The van der Waals surface area contributed by atoms with Crippen molar-refractivity contribution in [2.45, 2.75) is 10.9 Å². The molecular weight excluding hydrogens is 352 g/mol. The van der Waals surface area contributed by atoms with E-state index in [0.717, 1.165) is 16.1 Å². The third-order valence-corrected chi connectivity index (χ3v) is 4.86. The van der Waals surface area contributed by atoms with E-state index >= 15 is 0 Å². The molecule has 124 valence electrons. The number of hydrogen-bond donors (Lipinski definition) is 1. The minimum atomic E-state index is 0.441. The highest BCUT2D eigenvalue weighted by atomic mass is 35.5. The Hall–Kier alpha value is -2.55. The molecule has 25 heavy (non-hydrogen) atoms. The summed E-state index contributed by atoms with van der Waals surface area (Å²) in [5.74, 6) is 1.18. The quantitative estimate of drug-likeness (QED) is 0.508. The Bertz CT molecular complexity index is 922. The van der Waals surface area contributed by atoms with E-state index in [0.29, 0.717) is 28.0 Å². The summed E-state index contributed by atoms with van der Waals surface area (Å²) in [4.78, 5) is 9.08. The number of halogens is 1. The molecule has 0 aliphatic heterocycles. The molecule has 3 aromatic rings. The van der Waals surface area contributed by atoms with Crippen LogP contribution >= 0.6 is 23.4 Å². The molecule has 0 aliphatic rings. The van der Waals surface area contributed by atoms with Crippen molar-refractivity contribution in [1.82, 2.24) is 9.97 Å². The van der Waals surface area contributed by atoms with Crippen molar-refractivity contribution in [3.63, 3.8) is 0 Å². The van der Waals surface area contributed by atoms with Crippen LogP contribution in [0.2, 0.25) is 5.02 Å². The fourth-order valence-electron chi connectivity index (χ4n) is 2.35. The van der Waals surface area contributed by atoms with Crippen LogP contribution in [-0.2, 0) is 5.75 Å². The van der Waals surface area contributed by atoms with Gasteiger partial charge in [-0.1, -0.05) is 71.9 Å². The number of hydrogen-bond acceptors (Lipinski definition) is 5. The SMILES string of the molecule is CNc1nc(SCc2ccccc2Cl)nc(-c2ccccc2)c1C#N. The van der Waals surface area contributed by atoms with Crippen LogP contribution < -0.4 is 5.32 Å². The normalized spacial score (nSPS) is 10.3. The van der Waals surface area contributed by atoms with Crippen LogP contribution in [0.5, 0.6) is 0 Å². The monoisotopic (exact) mass is 366 g/mol. The number of rotatable bonds is 5. The average molecular weight is 367 g/mol. The van der Waals surface area contributed by atoms with Gasteiger partial charge >= 0.3 is 0 Å². The molecule has 1 aromatic heterocycles. The lowest BCUT2D eigenvalue weighted by atomic mass is 10.1. The molecule has 0 aliphatic carbocycles. The van der Waals surface area contributed by atoms with Gasteiger partial charge in [-0.15, -0.1) is 0 Å². The molecule has 0 radical (unpaired) electrons. The minimum Gasteiger partial charge on any atom is -0.372 e. The van der Waals surface area contributed by atoms with E-state index < -0.39 is 0 Å². The van der Waals surface area contributed by atoms with Crippen LogP contribution in [0.4, 0.5) is 5.82 Å². The van der Waals surface area contributed by atoms with Gasteiger partial charge in [-0.25, -0.2) is 9.97 Å². The summed E-state index contributed by atoms with van der Waals surface area (Å²) in [7, 11) is 1.75. The van der Waals surface area contributed by atoms with Crippen LogP contribution in [0.1, 0.15) is 11.1 Å². The van der Waals surface area contributed by atoms with E-state index in [9.17, 15) is 5.26 Å². The molecule has 1 N–H and O–H groups in total. The van der Waals surface area contributed by atoms with E-state index in [2.05, 4.69) is 21.4 Å². The molecule has 0 saturated carbocycles. The Morgan fingerprint density at radius 3 is 2.48 bits per heavy atom. The zero-order valence-electron chi connectivity index (χ0n) is 13.5. The minimum absolute atomic E-state index is 0.441. The number of aromatic nitrogens is 2. The molecule has 0 amide bonds. The second-order valence-electron chi connectivity index (χ2n) is 5.19. The van der Waals surface area contributed by atoms with Gasteiger partial charge in [-0.05, 0) is 11.6 Å². The summed E-state index contributed by atoms with van der Waals surface area (Å²) in [6, 6.07) is 19.6.